The number of nitrogens with two attached hydrogens (primary N) is 1. The molecule has 2 rings (SSSR count). The molecule has 92 valence electrons. The lowest BCUT2D eigenvalue weighted by molar-refractivity contribution is -0.119. The maximum Gasteiger partial charge on any atom is 0.274 e. The van der Waals surface area contributed by atoms with E-state index in [9.17, 15) is 9.59 Å². The van der Waals surface area contributed by atoms with Crippen molar-refractivity contribution in [2.75, 3.05) is 12.3 Å². The Morgan fingerprint density at radius 1 is 1.65 bits per heavy atom. The van der Waals surface area contributed by atoms with Crippen molar-refractivity contribution in [3.05, 3.63) is 11.4 Å². The molecule has 1 aromatic rings. The van der Waals surface area contributed by atoms with Gasteiger partial charge in [-0.1, -0.05) is 6.92 Å². The fraction of sp³-hybridized carbons (Fsp3) is 0.500. The van der Waals surface area contributed by atoms with Crippen LogP contribution in [-0.2, 0) is 11.2 Å². The van der Waals surface area contributed by atoms with Gasteiger partial charge in [0.15, 0.2) is 5.69 Å². The van der Waals surface area contributed by atoms with Gasteiger partial charge in [-0.2, -0.15) is 5.10 Å². The number of carbonyl (C=O) groups is 2. The Kier molecular flexibility index (Phi) is 2.99. The molecule has 0 bridgehead atoms. The van der Waals surface area contributed by atoms with Gasteiger partial charge in [-0.3, -0.25) is 14.7 Å². The molecule has 1 aliphatic heterocycles. The Hall–Kier alpha value is -2.05. The number of aryl methyl sites for hydroxylation is 1. The van der Waals surface area contributed by atoms with Crippen LogP contribution in [-0.4, -0.2) is 34.6 Å². The first-order chi connectivity index (χ1) is 8.11. The first-order valence-electron chi connectivity index (χ1n) is 5.52. The first kappa shape index (κ1) is 11.4. The molecule has 0 spiro atoms. The van der Waals surface area contributed by atoms with Gasteiger partial charge in [-0.25, -0.2) is 0 Å². The van der Waals surface area contributed by atoms with Crippen LogP contribution < -0.4 is 16.4 Å². The molecule has 17 heavy (non-hydrogen) atoms. The van der Waals surface area contributed by atoms with Gasteiger partial charge in [-0.15, -0.1) is 0 Å². The molecule has 2 amide bonds. The van der Waals surface area contributed by atoms with Crippen LogP contribution in [0.15, 0.2) is 0 Å². The number of nitrogens with zero attached hydrogens (tertiary/aromatic N) is 1. The van der Waals surface area contributed by atoms with Crippen LogP contribution in [0.5, 0.6) is 0 Å². The molecule has 1 aliphatic rings. The maximum absolute atomic E-state index is 11.8. The zero-order chi connectivity index (χ0) is 12.4. The maximum atomic E-state index is 11.8. The average Bonchev–Trinajstić information content (AvgIpc) is 2.85. The predicted octanol–water partition coefficient (Wildman–Crippen LogP) is -0.827. The van der Waals surface area contributed by atoms with E-state index in [2.05, 4.69) is 20.8 Å². The largest absolute Gasteiger partial charge is 0.395 e. The Balaban J connectivity index is 2.04. The zero-order valence-corrected chi connectivity index (χ0v) is 9.54. The summed E-state index contributed by atoms with van der Waals surface area (Å²) in [4.78, 5) is 22.8. The molecule has 0 saturated carbocycles. The lowest BCUT2D eigenvalue weighted by Crippen LogP contribution is -2.36. The standard InChI is InChI=1S/C10H15N5O2/c1-2-6-8(11)9(15-14-6)10(17)13-5-3-7(16)12-4-5/h5H,2-4,11H2,1H3,(H,12,16)(H,13,17)(H,14,15). The molecule has 0 radical (unpaired) electrons. The minimum absolute atomic E-state index is 0.0560. The Morgan fingerprint density at radius 2 is 2.41 bits per heavy atom. The third-order valence-corrected chi connectivity index (χ3v) is 2.76. The van der Waals surface area contributed by atoms with E-state index >= 15 is 0 Å². The molecule has 0 aromatic carbocycles. The SMILES string of the molecule is CCc1[nH]nc(C(=O)NC2CNC(=O)C2)c1N. The summed E-state index contributed by atoms with van der Waals surface area (Å²) in [5.41, 5.74) is 7.10. The molecule has 2 heterocycles. The van der Waals surface area contributed by atoms with Gasteiger partial charge in [0.25, 0.3) is 5.91 Å². The summed E-state index contributed by atoms with van der Waals surface area (Å²) in [5, 5.41) is 12.0. The van der Waals surface area contributed by atoms with E-state index in [1.54, 1.807) is 0 Å². The number of nitrogens with one attached hydrogen (secondary N) is 3. The highest BCUT2D eigenvalue weighted by Gasteiger charge is 2.25. The topological polar surface area (TPSA) is 113 Å². The van der Waals surface area contributed by atoms with Crippen molar-refractivity contribution in [3.8, 4) is 0 Å². The number of amides is 2. The number of nitrogen functional groups attached to an aromatic ring is 1. The number of anilines is 1. The summed E-state index contributed by atoms with van der Waals surface area (Å²) in [6.45, 7) is 2.38. The molecule has 1 saturated heterocycles. The number of carbonyl (C=O) groups excluding carboxylic acids is 2. The molecule has 1 atom stereocenters. The quantitative estimate of drug-likeness (QED) is 0.549. The Bertz CT molecular complexity index is 454. The predicted molar refractivity (Wildman–Crippen MR) is 61.3 cm³/mol. The van der Waals surface area contributed by atoms with Crippen molar-refractivity contribution in [2.45, 2.75) is 25.8 Å². The molecular weight excluding hydrogens is 222 g/mol. The van der Waals surface area contributed by atoms with Crippen molar-refractivity contribution < 1.29 is 9.59 Å². The van der Waals surface area contributed by atoms with E-state index in [4.69, 9.17) is 5.73 Å². The first-order valence-corrected chi connectivity index (χ1v) is 5.52. The fourth-order valence-electron chi connectivity index (χ4n) is 1.79. The number of aromatic nitrogens is 2. The van der Waals surface area contributed by atoms with Crippen LogP contribution in [0, 0.1) is 0 Å². The van der Waals surface area contributed by atoms with Crippen LogP contribution in [0.1, 0.15) is 29.5 Å². The summed E-state index contributed by atoms with van der Waals surface area (Å²) >= 11 is 0. The van der Waals surface area contributed by atoms with E-state index in [0.29, 0.717) is 25.1 Å². The monoisotopic (exact) mass is 237 g/mol. The zero-order valence-electron chi connectivity index (χ0n) is 9.54. The van der Waals surface area contributed by atoms with Crippen molar-refractivity contribution in [2.24, 2.45) is 0 Å². The molecule has 1 fully saturated rings. The summed E-state index contributed by atoms with van der Waals surface area (Å²) < 4.78 is 0. The van der Waals surface area contributed by atoms with Gasteiger partial charge >= 0.3 is 0 Å². The van der Waals surface area contributed by atoms with Crippen LogP contribution in [0.2, 0.25) is 0 Å². The van der Waals surface area contributed by atoms with Gasteiger partial charge in [0.1, 0.15) is 0 Å². The molecular formula is C10H15N5O2. The second-order valence-corrected chi connectivity index (χ2v) is 4.00. The number of hydrogen-bond donors (Lipinski definition) is 4. The Labute approximate surface area is 98.1 Å². The highest BCUT2D eigenvalue weighted by molar-refractivity contribution is 5.98. The lowest BCUT2D eigenvalue weighted by atomic mass is 10.2. The van der Waals surface area contributed by atoms with Gasteiger partial charge < -0.3 is 16.4 Å². The van der Waals surface area contributed by atoms with Gasteiger partial charge in [0.2, 0.25) is 5.91 Å². The van der Waals surface area contributed by atoms with Crippen molar-refractivity contribution in [1.29, 1.82) is 0 Å². The van der Waals surface area contributed by atoms with Crippen molar-refractivity contribution >= 4 is 17.5 Å². The van der Waals surface area contributed by atoms with E-state index in [1.165, 1.54) is 0 Å². The summed E-state index contributed by atoms with van der Waals surface area (Å²) in [7, 11) is 0. The van der Waals surface area contributed by atoms with Crippen LogP contribution in [0.4, 0.5) is 5.69 Å². The Morgan fingerprint density at radius 3 is 2.94 bits per heavy atom. The number of hydrogen-bond acceptors (Lipinski definition) is 4. The highest BCUT2D eigenvalue weighted by atomic mass is 16.2. The number of aromatic amines is 1. The molecule has 0 aliphatic carbocycles. The molecule has 7 nitrogen and oxygen atoms in total. The molecule has 1 aromatic heterocycles. The van der Waals surface area contributed by atoms with Gasteiger partial charge in [0, 0.05) is 13.0 Å². The lowest BCUT2D eigenvalue weighted by Gasteiger charge is -2.08. The van der Waals surface area contributed by atoms with E-state index < -0.39 is 0 Å². The van der Waals surface area contributed by atoms with Crippen molar-refractivity contribution in [3.63, 3.8) is 0 Å². The van der Waals surface area contributed by atoms with Crippen molar-refractivity contribution in [1.82, 2.24) is 20.8 Å². The van der Waals surface area contributed by atoms with E-state index in [1.807, 2.05) is 6.92 Å². The number of rotatable bonds is 3. The second-order valence-electron chi connectivity index (χ2n) is 4.00. The minimum Gasteiger partial charge on any atom is -0.395 e. The van der Waals surface area contributed by atoms with Crippen LogP contribution >= 0.6 is 0 Å². The minimum atomic E-state index is -0.347. The normalized spacial score (nSPS) is 19.1. The third-order valence-electron chi connectivity index (χ3n) is 2.76. The van der Waals surface area contributed by atoms with Crippen LogP contribution in [0.25, 0.3) is 0 Å². The highest BCUT2D eigenvalue weighted by Crippen LogP contribution is 2.14. The van der Waals surface area contributed by atoms with Gasteiger partial charge in [0.05, 0.1) is 17.4 Å². The molecule has 5 N–H and O–H groups in total. The second kappa shape index (κ2) is 4.44. The molecule has 7 heteroatoms. The number of H-pyrrole nitrogens is 1. The smallest absolute Gasteiger partial charge is 0.274 e. The summed E-state index contributed by atoms with van der Waals surface area (Å²) in [6.07, 6.45) is 0.992. The van der Waals surface area contributed by atoms with E-state index in [0.717, 1.165) is 5.69 Å². The average molecular weight is 237 g/mol. The molecule has 1 unspecified atom stereocenters. The van der Waals surface area contributed by atoms with Gasteiger partial charge in [-0.05, 0) is 6.42 Å². The summed E-state index contributed by atoms with van der Waals surface area (Å²) in [6, 6.07) is -0.184. The third kappa shape index (κ3) is 2.22. The summed E-state index contributed by atoms with van der Waals surface area (Å²) in [5.74, 6) is -0.403. The van der Waals surface area contributed by atoms with Crippen LogP contribution in [0.3, 0.4) is 0 Å². The van der Waals surface area contributed by atoms with E-state index in [-0.39, 0.29) is 23.6 Å². The fourth-order valence-corrected chi connectivity index (χ4v) is 1.79.